The number of hydrogen-bond acceptors (Lipinski definition) is 4. The van der Waals surface area contributed by atoms with Gasteiger partial charge in [-0.2, -0.15) is 0 Å². The third-order valence-corrected chi connectivity index (χ3v) is 4.74. The highest BCUT2D eigenvalue weighted by Gasteiger charge is 2.38. The van der Waals surface area contributed by atoms with Gasteiger partial charge < -0.3 is 10.6 Å². The number of fused-ring (bicyclic) bond motifs is 2. The summed E-state index contributed by atoms with van der Waals surface area (Å²) in [6.45, 7) is 4.93. The number of rotatable bonds is 5. The summed E-state index contributed by atoms with van der Waals surface area (Å²) in [5, 5.41) is 8.46. The molecule has 3 amide bonds. The first kappa shape index (κ1) is 16.2. The molecule has 2 saturated heterocycles. The van der Waals surface area contributed by atoms with E-state index in [9.17, 15) is 9.59 Å². The van der Waals surface area contributed by atoms with Crippen LogP contribution < -0.4 is 16.0 Å². The van der Waals surface area contributed by atoms with Gasteiger partial charge in [-0.1, -0.05) is 6.92 Å². The van der Waals surface area contributed by atoms with Crippen molar-refractivity contribution in [2.75, 3.05) is 13.6 Å². The van der Waals surface area contributed by atoms with Crippen LogP contribution >= 0.6 is 0 Å². The summed E-state index contributed by atoms with van der Waals surface area (Å²) in [4.78, 5) is 25.8. The van der Waals surface area contributed by atoms with Gasteiger partial charge in [0.15, 0.2) is 0 Å². The topological polar surface area (TPSA) is 73.5 Å². The number of amides is 3. The van der Waals surface area contributed by atoms with Crippen LogP contribution in [0.3, 0.4) is 0 Å². The van der Waals surface area contributed by atoms with Gasteiger partial charge in [0.1, 0.15) is 0 Å². The van der Waals surface area contributed by atoms with Crippen LogP contribution in [0, 0.1) is 0 Å². The molecular formula is C15H28N4O2. The van der Waals surface area contributed by atoms with Crippen LogP contribution in [0.25, 0.3) is 0 Å². The second kappa shape index (κ2) is 7.22. The number of carbonyl (C=O) groups excluding carboxylic acids is 2. The number of imide groups is 1. The van der Waals surface area contributed by atoms with Crippen LogP contribution in [-0.2, 0) is 4.79 Å². The van der Waals surface area contributed by atoms with Crippen LogP contribution in [0.15, 0.2) is 0 Å². The number of piperidine rings is 1. The predicted octanol–water partition coefficient (Wildman–Crippen LogP) is 0.826. The first-order chi connectivity index (χ1) is 10.0. The van der Waals surface area contributed by atoms with Crippen molar-refractivity contribution >= 4 is 11.9 Å². The minimum Gasteiger partial charge on any atom is -0.341 e. The molecule has 2 rings (SSSR count). The van der Waals surface area contributed by atoms with E-state index in [0.29, 0.717) is 18.1 Å². The molecule has 120 valence electrons. The van der Waals surface area contributed by atoms with Crippen molar-refractivity contribution < 1.29 is 9.59 Å². The fraction of sp³-hybridized carbons (Fsp3) is 0.867. The van der Waals surface area contributed by atoms with E-state index in [2.05, 4.69) is 27.8 Å². The maximum Gasteiger partial charge on any atom is 0.321 e. The normalized spacial score (nSPS) is 29.2. The highest BCUT2D eigenvalue weighted by Crippen LogP contribution is 2.30. The van der Waals surface area contributed by atoms with Crippen molar-refractivity contribution in [3.05, 3.63) is 0 Å². The van der Waals surface area contributed by atoms with Crippen molar-refractivity contribution in [2.45, 2.75) is 70.1 Å². The van der Waals surface area contributed by atoms with Crippen molar-refractivity contribution in [2.24, 2.45) is 0 Å². The van der Waals surface area contributed by atoms with Gasteiger partial charge in [-0.05, 0) is 45.6 Å². The third kappa shape index (κ3) is 3.95. The number of nitrogens with zero attached hydrogens (tertiary/aromatic N) is 1. The van der Waals surface area contributed by atoms with Crippen LogP contribution in [-0.4, -0.2) is 54.6 Å². The first-order valence-electron chi connectivity index (χ1n) is 8.09. The molecular weight excluding hydrogens is 268 g/mol. The Morgan fingerprint density at radius 1 is 1.29 bits per heavy atom. The van der Waals surface area contributed by atoms with Crippen LogP contribution in [0.1, 0.15) is 46.0 Å². The third-order valence-electron chi connectivity index (χ3n) is 4.74. The fourth-order valence-corrected chi connectivity index (χ4v) is 3.68. The Labute approximate surface area is 127 Å². The number of urea groups is 1. The van der Waals surface area contributed by atoms with Gasteiger partial charge in [-0.25, -0.2) is 4.79 Å². The van der Waals surface area contributed by atoms with Gasteiger partial charge in [0.05, 0.1) is 6.04 Å². The Balaban J connectivity index is 2.00. The SMILES string of the molecule is CCCN(C1CC2CCC(C1)N2)C(C)C(=O)NC(=O)NC. The molecule has 0 radical (unpaired) electrons. The van der Waals surface area contributed by atoms with E-state index in [1.807, 2.05) is 6.92 Å². The molecule has 0 aromatic heterocycles. The molecule has 2 aliphatic rings. The molecule has 2 heterocycles. The molecule has 21 heavy (non-hydrogen) atoms. The Kier molecular flexibility index (Phi) is 5.58. The standard InChI is InChI=1S/C15H28N4O2/c1-4-7-19(10(2)14(20)18-15(21)16-3)13-8-11-5-6-12(9-13)17-11/h10-13,17H,4-9H2,1-3H3,(H2,16,18,20,21). The van der Waals surface area contributed by atoms with Crippen molar-refractivity contribution in [3.8, 4) is 0 Å². The second-order valence-corrected chi connectivity index (χ2v) is 6.25. The Morgan fingerprint density at radius 3 is 2.43 bits per heavy atom. The zero-order valence-corrected chi connectivity index (χ0v) is 13.3. The van der Waals surface area contributed by atoms with Crippen LogP contribution in [0.5, 0.6) is 0 Å². The summed E-state index contributed by atoms with van der Waals surface area (Å²) in [6, 6.07) is 0.928. The first-order valence-corrected chi connectivity index (χ1v) is 8.09. The van der Waals surface area contributed by atoms with E-state index in [-0.39, 0.29) is 11.9 Å². The van der Waals surface area contributed by atoms with E-state index in [1.165, 1.54) is 19.9 Å². The lowest BCUT2D eigenvalue weighted by molar-refractivity contribution is -0.126. The van der Waals surface area contributed by atoms with Crippen LogP contribution in [0.2, 0.25) is 0 Å². The Bertz CT molecular complexity index is 376. The Hall–Kier alpha value is -1.14. The van der Waals surface area contributed by atoms with E-state index >= 15 is 0 Å². The summed E-state index contributed by atoms with van der Waals surface area (Å²) in [6.07, 6.45) is 5.72. The summed E-state index contributed by atoms with van der Waals surface area (Å²) >= 11 is 0. The summed E-state index contributed by atoms with van der Waals surface area (Å²) in [5.41, 5.74) is 0. The van der Waals surface area contributed by atoms with Gasteiger partial charge >= 0.3 is 6.03 Å². The van der Waals surface area contributed by atoms with Crippen LogP contribution in [0.4, 0.5) is 4.79 Å². The van der Waals surface area contributed by atoms with E-state index in [0.717, 1.165) is 25.8 Å². The molecule has 3 atom stereocenters. The largest absolute Gasteiger partial charge is 0.341 e. The summed E-state index contributed by atoms with van der Waals surface area (Å²) in [5.74, 6) is -0.214. The fourth-order valence-electron chi connectivity index (χ4n) is 3.68. The molecule has 0 aromatic carbocycles. The van der Waals surface area contributed by atoms with Crippen molar-refractivity contribution in [1.82, 2.24) is 20.9 Å². The molecule has 6 heteroatoms. The average molecular weight is 296 g/mol. The molecule has 2 bridgehead atoms. The van der Waals surface area contributed by atoms with Crippen molar-refractivity contribution in [3.63, 3.8) is 0 Å². The van der Waals surface area contributed by atoms with E-state index in [4.69, 9.17) is 0 Å². The average Bonchev–Trinajstić information content (AvgIpc) is 2.82. The maximum atomic E-state index is 12.2. The number of nitrogens with one attached hydrogen (secondary N) is 3. The molecule has 6 nitrogen and oxygen atoms in total. The maximum absolute atomic E-state index is 12.2. The minimum absolute atomic E-state index is 0.214. The van der Waals surface area contributed by atoms with Gasteiger partial charge in [-0.15, -0.1) is 0 Å². The second-order valence-electron chi connectivity index (χ2n) is 6.25. The molecule has 0 aromatic rings. The lowest BCUT2D eigenvalue weighted by atomic mass is 9.96. The molecule has 2 aliphatic heterocycles. The molecule has 0 spiro atoms. The van der Waals surface area contributed by atoms with Gasteiger partial charge in [0.25, 0.3) is 0 Å². The highest BCUT2D eigenvalue weighted by molar-refractivity contribution is 5.96. The number of carbonyl (C=O) groups is 2. The molecule has 3 N–H and O–H groups in total. The molecule has 3 unspecified atom stereocenters. The zero-order chi connectivity index (χ0) is 15.4. The van der Waals surface area contributed by atoms with E-state index < -0.39 is 6.03 Å². The highest BCUT2D eigenvalue weighted by atomic mass is 16.2. The monoisotopic (exact) mass is 296 g/mol. The Morgan fingerprint density at radius 2 is 1.90 bits per heavy atom. The summed E-state index contributed by atoms with van der Waals surface area (Å²) < 4.78 is 0. The smallest absolute Gasteiger partial charge is 0.321 e. The summed E-state index contributed by atoms with van der Waals surface area (Å²) in [7, 11) is 1.52. The molecule has 0 saturated carbocycles. The lowest BCUT2D eigenvalue weighted by Gasteiger charge is -2.40. The van der Waals surface area contributed by atoms with Gasteiger partial charge in [0.2, 0.25) is 5.91 Å². The number of hydrogen-bond donors (Lipinski definition) is 3. The molecule has 2 fully saturated rings. The molecule has 0 aliphatic carbocycles. The van der Waals surface area contributed by atoms with E-state index in [1.54, 1.807) is 0 Å². The zero-order valence-electron chi connectivity index (χ0n) is 13.3. The quantitative estimate of drug-likeness (QED) is 0.702. The van der Waals surface area contributed by atoms with Crippen molar-refractivity contribution in [1.29, 1.82) is 0 Å². The van der Waals surface area contributed by atoms with Gasteiger partial charge in [0, 0.05) is 25.2 Å². The minimum atomic E-state index is -0.436. The lowest BCUT2D eigenvalue weighted by Crippen LogP contribution is -2.56. The predicted molar refractivity (Wildman–Crippen MR) is 82.0 cm³/mol. The van der Waals surface area contributed by atoms with Gasteiger partial charge in [-0.3, -0.25) is 15.0 Å².